The van der Waals surface area contributed by atoms with Gasteiger partial charge >= 0.3 is 17.9 Å². The van der Waals surface area contributed by atoms with Crippen molar-refractivity contribution in [3.8, 4) is 0 Å². The molecular weight excluding hydrogens is 728 g/mol. The van der Waals surface area contributed by atoms with Gasteiger partial charge in [0, 0.05) is 25.2 Å². The molecule has 2 aromatic rings. The third-order valence-corrected chi connectivity index (χ3v) is 13.0. The summed E-state index contributed by atoms with van der Waals surface area (Å²) >= 11 is 0. The lowest BCUT2D eigenvalue weighted by molar-refractivity contribution is -0.340. The number of benzene rings is 2. The van der Waals surface area contributed by atoms with Crippen molar-refractivity contribution in [1.29, 1.82) is 0 Å². The second-order valence-electron chi connectivity index (χ2n) is 17.0. The Morgan fingerprint density at radius 3 is 2.58 bits per heavy atom. The molecule has 2 aromatic carbocycles. The average Bonchev–Trinajstić information content (AvgIpc) is 3.53. The smallest absolute Gasteiger partial charge is 0.339 e. The first-order valence-corrected chi connectivity index (χ1v) is 20.4. The lowest BCUT2D eigenvalue weighted by Gasteiger charge is -2.51. The van der Waals surface area contributed by atoms with E-state index in [9.17, 15) is 29.7 Å². The van der Waals surface area contributed by atoms with E-state index in [0.29, 0.717) is 59.4 Å². The van der Waals surface area contributed by atoms with Crippen molar-refractivity contribution in [3.63, 3.8) is 0 Å². The monoisotopic (exact) mass is 784 g/mol. The molecule has 4 aliphatic heterocycles. The molecule has 3 N–H and O–H groups in total. The van der Waals surface area contributed by atoms with E-state index in [4.69, 9.17) is 23.7 Å². The molecule has 2 bridgehead atoms. The van der Waals surface area contributed by atoms with E-state index in [2.05, 4.69) is 20.8 Å². The number of ether oxygens (including phenoxy) is 5. The predicted molar refractivity (Wildman–Crippen MR) is 212 cm³/mol. The second kappa shape index (κ2) is 16.3. The van der Waals surface area contributed by atoms with Crippen LogP contribution in [0, 0.1) is 23.7 Å². The van der Waals surface area contributed by atoms with Gasteiger partial charge < -0.3 is 39.0 Å². The van der Waals surface area contributed by atoms with Gasteiger partial charge in [0.25, 0.3) is 0 Å². The summed E-state index contributed by atoms with van der Waals surface area (Å²) in [6.07, 6.45) is 8.34. The van der Waals surface area contributed by atoms with Crippen LogP contribution in [0.25, 0.3) is 10.8 Å². The number of fused-ring (bicyclic) bond motifs is 3. The van der Waals surface area contributed by atoms with Crippen molar-refractivity contribution in [1.82, 2.24) is 0 Å². The highest BCUT2D eigenvalue weighted by Gasteiger charge is 2.61. The van der Waals surface area contributed by atoms with E-state index in [1.165, 1.54) is 6.07 Å². The van der Waals surface area contributed by atoms with Crippen molar-refractivity contribution in [3.05, 3.63) is 94.6 Å². The van der Waals surface area contributed by atoms with Gasteiger partial charge in [-0.25, -0.2) is 9.59 Å². The number of carbonyl (C=O) groups is 3. The van der Waals surface area contributed by atoms with Gasteiger partial charge in [0.05, 0.1) is 36.0 Å². The lowest BCUT2D eigenvalue weighted by Crippen LogP contribution is -2.59. The molecule has 0 radical (unpaired) electrons. The highest BCUT2D eigenvalue weighted by molar-refractivity contribution is 6.12. The number of carbonyl (C=O) groups excluding carboxylic acids is 2. The van der Waals surface area contributed by atoms with E-state index >= 15 is 0 Å². The number of hydrogen-bond donors (Lipinski definition) is 3. The number of hydrogen-bond acceptors (Lipinski definition) is 10. The molecule has 11 nitrogen and oxygen atoms in total. The molecule has 0 amide bonds. The zero-order valence-corrected chi connectivity index (χ0v) is 33.7. The summed E-state index contributed by atoms with van der Waals surface area (Å²) in [5.74, 6) is -4.70. The van der Waals surface area contributed by atoms with Crippen LogP contribution in [0.1, 0.15) is 101 Å². The van der Waals surface area contributed by atoms with Crippen LogP contribution in [-0.2, 0) is 28.5 Å². The van der Waals surface area contributed by atoms with Crippen molar-refractivity contribution in [2.24, 2.45) is 23.7 Å². The molecule has 3 saturated heterocycles. The summed E-state index contributed by atoms with van der Waals surface area (Å²) in [4.78, 5) is 41.0. The van der Waals surface area contributed by atoms with Gasteiger partial charge in [-0.1, -0.05) is 94.8 Å². The van der Waals surface area contributed by atoms with Gasteiger partial charge in [-0.05, 0) is 72.1 Å². The Bertz CT molecular complexity index is 2010. The maximum absolute atomic E-state index is 14.6. The zero-order valence-electron chi connectivity index (χ0n) is 33.7. The Morgan fingerprint density at radius 1 is 1.05 bits per heavy atom. The standard InChI is InChI=1S/C46H56O11/c1-7-25(2)39-28(5)19-20-45(57-39)23-33-22-32(56-45)17-15-27(4)38(47)26(3)11-10-13-31-24-53-41-40(29(6)21-36(44(51)54-33)46(31,41)52)55-43(50)35-18-16-30-12-8-9-14-34(30)37(35)42(48)49/h8-16,18,21,25-26,28,32-33,36,38-41,47,52H,7,17,19-20,22-24H2,1-6H3,(H,48,49)/b11-10+,27-15+,31-13+/t25-,26-,28-,32+,33-,36?,38-,39+,40+,41+,45+,46+/m0/s1. The fourth-order valence-electron chi connectivity index (χ4n) is 9.54. The SMILES string of the molecule is CC[C@H](C)[C@H]1O[C@]2(CC[C@@H]1C)C[C@@H]1C[C@@H](C/C=C(\C)[C@@H](O)[C@@H](C)/C=C/C=C3\CO[C@@H]4[C@H](OC(=O)c5ccc6ccccc6c5C(=O)O)C(C)=CC(C(=O)O1)[C@]34O)O2. The van der Waals surface area contributed by atoms with Gasteiger partial charge in [-0.15, -0.1) is 0 Å². The summed E-state index contributed by atoms with van der Waals surface area (Å²) in [5, 5.41) is 35.4. The molecule has 7 rings (SSSR count). The average molecular weight is 785 g/mol. The van der Waals surface area contributed by atoms with Gasteiger partial charge in [-0.2, -0.15) is 0 Å². The molecular formula is C46H56O11. The maximum Gasteiger partial charge on any atom is 0.339 e. The van der Waals surface area contributed by atoms with Gasteiger partial charge in [0.15, 0.2) is 11.9 Å². The Labute approximate surface area is 334 Å². The molecule has 11 heteroatoms. The van der Waals surface area contributed by atoms with Crippen LogP contribution in [0.5, 0.6) is 0 Å². The molecule has 4 heterocycles. The minimum absolute atomic E-state index is 0.0296. The largest absolute Gasteiger partial charge is 0.478 e. The topological polar surface area (TPSA) is 158 Å². The van der Waals surface area contributed by atoms with Crippen molar-refractivity contribution in [2.45, 2.75) is 128 Å². The first-order valence-electron chi connectivity index (χ1n) is 20.4. The number of aromatic carboxylic acids is 1. The number of aliphatic hydroxyl groups is 2. The number of carboxylic acids is 1. The van der Waals surface area contributed by atoms with Gasteiger partial charge in [0.2, 0.25) is 0 Å². The van der Waals surface area contributed by atoms with Crippen LogP contribution in [0.3, 0.4) is 0 Å². The maximum atomic E-state index is 14.6. The molecule has 5 aliphatic rings. The van der Waals surface area contributed by atoms with E-state index in [-0.39, 0.29) is 35.9 Å². The number of carboxylic acid groups (broad SMARTS) is 1. The van der Waals surface area contributed by atoms with E-state index in [1.54, 1.807) is 55.5 Å². The Morgan fingerprint density at radius 2 is 1.82 bits per heavy atom. The van der Waals surface area contributed by atoms with Crippen LogP contribution in [0.15, 0.2) is 83.5 Å². The van der Waals surface area contributed by atoms with Crippen molar-refractivity contribution >= 4 is 28.7 Å². The number of esters is 2. The highest BCUT2D eigenvalue weighted by Crippen LogP contribution is 2.48. The number of rotatable bonds is 5. The molecule has 57 heavy (non-hydrogen) atoms. The van der Waals surface area contributed by atoms with Crippen LogP contribution in [0.2, 0.25) is 0 Å². The fourth-order valence-corrected chi connectivity index (χ4v) is 9.54. The van der Waals surface area contributed by atoms with Crippen LogP contribution in [0.4, 0.5) is 0 Å². The minimum Gasteiger partial charge on any atom is -0.478 e. The summed E-state index contributed by atoms with van der Waals surface area (Å²) < 4.78 is 32.4. The van der Waals surface area contributed by atoms with Crippen molar-refractivity contribution in [2.75, 3.05) is 6.61 Å². The first-order chi connectivity index (χ1) is 27.2. The van der Waals surface area contributed by atoms with Crippen LogP contribution >= 0.6 is 0 Å². The highest BCUT2D eigenvalue weighted by atomic mass is 16.7. The third kappa shape index (κ3) is 7.77. The molecule has 1 spiro atoms. The van der Waals surface area contributed by atoms with Crippen LogP contribution in [-0.4, -0.2) is 87.8 Å². The quantitative estimate of drug-likeness (QED) is 0.207. The van der Waals surface area contributed by atoms with E-state index < -0.39 is 59.6 Å². The van der Waals surface area contributed by atoms with Crippen molar-refractivity contribution < 1.29 is 53.4 Å². The summed E-state index contributed by atoms with van der Waals surface area (Å²) in [6.45, 7) is 11.9. The molecule has 3 fully saturated rings. The second-order valence-corrected chi connectivity index (χ2v) is 17.0. The first kappa shape index (κ1) is 41.0. The molecule has 306 valence electrons. The lowest BCUT2D eigenvalue weighted by atomic mass is 9.70. The number of allylic oxidation sites excluding steroid dienone is 2. The van der Waals surface area contributed by atoms with Gasteiger partial charge in [-0.3, -0.25) is 4.79 Å². The summed E-state index contributed by atoms with van der Waals surface area (Å²) in [6, 6.07) is 9.96. The number of aliphatic hydroxyl groups excluding tert-OH is 1. The summed E-state index contributed by atoms with van der Waals surface area (Å²) in [7, 11) is 0. The molecule has 12 atom stereocenters. The Hall–Kier alpha value is -4.13. The predicted octanol–water partition coefficient (Wildman–Crippen LogP) is 7.25. The van der Waals surface area contributed by atoms with E-state index in [1.807, 2.05) is 26.0 Å². The molecule has 1 aliphatic carbocycles. The molecule has 0 aromatic heterocycles. The molecule has 0 saturated carbocycles. The van der Waals surface area contributed by atoms with Crippen LogP contribution < -0.4 is 0 Å². The van der Waals surface area contributed by atoms with Gasteiger partial charge in [0.1, 0.15) is 23.7 Å². The Balaban J connectivity index is 1.25. The fraction of sp³-hybridized carbons (Fsp3) is 0.543. The summed E-state index contributed by atoms with van der Waals surface area (Å²) in [5.41, 5.74) is -0.733. The molecule has 1 unspecified atom stereocenters. The Kier molecular flexibility index (Phi) is 11.7. The van der Waals surface area contributed by atoms with E-state index in [0.717, 1.165) is 18.4 Å². The zero-order chi connectivity index (χ0) is 40.8. The minimum atomic E-state index is -2.00. The normalized spacial score (nSPS) is 38.8. The third-order valence-electron chi connectivity index (χ3n) is 13.0.